The van der Waals surface area contributed by atoms with Crippen LogP contribution in [0.25, 0.3) is 0 Å². The van der Waals surface area contributed by atoms with E-state index in [-0.39, 0.29) is 24.5 Å². The maximum atomic E-state index is 13.0. The van der Waals surface area contributed by atoms with Crippen LogP contribution in [0, 0.1) is 10.1 Å². The minimum absolute atomic E-state index is 0.0492. The third-order valence-corrected chi connectivity index (χ3v) is 5.98. The molecule has 0 aromatic heterocycles. The number of hydrogen-bond donors (Lipinski definition) is 0. The van der Waals surface area contributed by atoms with Crippen LogP contribution >= 0.6 is 0 Å². The first-order chi connectivity index (χ1) is 12.5. The quantitative estimate of drug-likeness (QED) is 0.571. The second-order valence-corrected chi connectivity index (χ2v) is 9.21. The van der Waals surface area contributed by atoms with Gasteiger partial charge in [0, 0.05) is 32.2 Å². The highest BCUT2D eigenvalue weighted by Gasteiger charge is 2.33. The molecule has 1 saturated heterocycles. The van der Waals surface area contributed by atoms with Crippen LogP contribution in [0.1, 0.15) is 33.6 Å². The average Bonchev–Trinajstić information content (AvgIpc) is 2.52. The van der Waals surface area contributed by atoms with Gasteiger partial charge in [-0.3, -0.25) is 10.1 Å². The summed E-state index contributed by atoms with van der Waals surface area (Å²) in [7, 11) is -4.05. The summed E-state index contributed by atoms with van der Waals surface area (Å²) in [6.45, 7) is 6.23. The summed E-state index contributed by atoms with van der Waals surface area (Å²) in [5.41, 5.74) is -1.10. The summed E-state index contributed by atoms with van der Waals surface area (Å²) in [5, 5.41) is 11.2. The number of nitro groups is 1. The zero-order valence-electron chi connectivity index (χ0n) is 15.8. The van der Waals surface area contributed by atoms with Crippen molar-refractivity contribution in [3.63, 3.8) is 0 Å². The van der Waals surface area contributed by atoms with Crippen LogP contribution in [0.15, 0.2) is 29.2 Å². The molecule has 27 heavy (non-hydrogen) atoms. The number of rotatable bonds is 3. The van der Waals surface area contributed by atoms with E-state index in [2.05, 4.69) is 0 Å². The molecule has 0 atom stereocenters. The fraction of sp³-hybridized carbons (Fsp3) is 0.588. The minimum Gasteiger partial charge on any atom is -0.444 e. The molecular weight excluding hydrogens is 374 g/mol. The minimum atomic E-state index is -4.05. The Hall–Kier alpha value is -2.20. The fourth-order valence-corrected chi connectivity index (χ4v) is 4.39. The Balaban J connectivity index is 2.21. The second kappa shape index (κ2) is 8.22. The van der Waals surface area contributed by atoms with Crippen molar-refractivity contribution in [1.29, 1.82) is 0 Å². The zero-order valence-corrected chi connectivity index (χ0v) is 16.6. The predicted octanol–water partition coefficient (Wildman–Crippen LogP) is 2.62. The van der Waals surface area contributed by atoms with Gasteiger partial charge in [0.2, 0.25) is 10.0 Å². The Labute approximate surface area is 159 Å². The molecule has 1 aromatic rings. The largest absolute Gasteiger partial charge is 0.444 e. The Morgan fingerprint density at radius 1 is 1.11 bits per heavy atom. The standard InChI is InChI=1S/C17H25N3O6S/c1-17(2,3)26-16(21)18-10-6-7-11-19(13-12-18)27(24,25)15-9-5-4-8-14(15)20(22)23/h4-5,8-9H,6-7,10-13H2,1-3H3. The molecule has 150 valence electrons. The maximum Gasteiger partial charge on any atom is 0.410 e. The number of carbonyl (C=O) groups is 1. The van der Waals surface area contributed by atoms with Crippen molar-refractivity contribution in [2.75, 3.05) is 26.2 Å². The van der Waals surface area contributed by atoms with Crippen molar-refractivity contribution in [1.82, 2.24) is 9.21 Å². The summed E-state index contributed by atoms with van der Waals surface area (Å²) in [6, 6.07) is 5.29. The monoisotopic (exact) mass is 399 g/mol. The second-order valence-electron chi connectivity index (χ2n) is 7.30. The summed E-state index contributed by atoms with van der Waals surface area (Å²) >= 11 is 0. The number of nitro benzene ring substituents is 1. The van der Waals surface area contributed by atoms with Crippen molar-refractivity contribution in [2.24, 2.45) is 0 Å². The molecule has 2 rings (SSSR count). The maximum absolute atomic E-state index is 13.0. The Morgan fingerprint density at radius 2 is 1.74 bits per heavy atom. The van der Waals surface area contributed by atoms with Gasteiger partial charge in [-0.15, -0.1) is 0 Å². The summed E-state index contributed by atoms with van der Waals surface area (Å²) in [6.07, 6.45) is 0.661. The highest BCUT2D eigenvalue weighted by atomic mass is 32.2. The zero-order chi connectivity index (χ0) is 20.2. The molecule has 0 radical (unpaired) electrons. The van der Waals surface area contributed by atoms with Crippen LogP contribution in [0.2, 0.25) is 0 Å². The SMILES string of the molecule is CC(C)(C)OC(=O)N1CCCCN(S(=O)(=O)c2ccccc2[N+](=O)[O-])CC1. The molecule has 0 spiro atoms. The van der Waals surface area contributed by atoms with Crippen LogP contribution in [-0.4, -0.2) is 60.4 Å². The first-order valence-corrected chi connectivity index (χ1v) is 10.2. The molecular formula is C17H25N3O6S. The van der Waals surface area contributed by atoms with Gasteiger partial charge in [0.25, 0.3) is 5.69 Å². The average molecular weight is 399 g/mol. The van der Waals surface area contributed by atoms with Crippen molar-refractivity contribution in [3.8, 4) is 0 Å². The smallest absolute Gasteiger partial charge is 0.410 e. The lowest BCUT2D eigenvalue weighted by atomic mass is 10.2. The molecule has 1 fully saturated rings. The summed E-state index contributed by atoms with van der Waals surface area (Å²) < 4.78 is 32.5. The topological polar surface area (TPSA) is 110 Å². The number of amides is 1. The number of para-hydroxylation sites is 1. The van der Waals surface area contributed by atoms with E-state index in [0.29, 0.717) is 19.4 Å². The number of sulfonamides is 1. The molecule has 1 aliphatic rings. The van der Waals surface area contributed by atoms with Crippen molar-refractivity contribution >= 4 is 21.8 Å². The van der Waals surface area contributed by atoms with Gasteiger partial charge in [-0.2, -0.15) is 4.31 Å². The molecule has 0 saturated carbocycles. The van der Waals surface area contributed by atoms with Crippen molar-refractivity contribution in [2.45, 2.75) is 44.1 Å². The van der Waals surface area contributed by atoms with Gasteiger partial charge in [0.15, 0.2) is 4.90 Å². The first-order valence-electron chi connectivity index (χ1n) is 8.74. The lowest BCUT2D eigenvalue weighted by Crippen LogP contribution is -2.45. The molecule has 0 bridgehead atoms. The molecule has 0 aliphatic carbocycles. The van der Waals surface area contributed by atoms with Crippen LogP contribution in [0.4, 0.5) is 10.5 Å². The van der Waals surface area contributed by atoms with Gasteiger partial charge in [0.1, 0.15) is 5.60 Å². The van der Waals surface area contributed by atoms with Gasteiger partial charge >= 0.3 is 6.09 Å². The van der Waals surface area contributed by atoms with Gasteiger partial charge in [-0.1, -0.05) is 12.1 Å². The van der Waals surface area contributed by atoms with E-state index < -0.39 is 32.3 Å². The van der Waals surface area contributed by atoms with Crippen LogP contribution in [-0.2, 0) is 14.8 Å². The Bertz CT molecular complexity index is 803. The molecule has 10 heteroatoms. The van der Waals surface area contributed by atoms with E-state index in [0.717, 1.165) is 0 Å². The molecule has 1 heterocycles. The van der Waals surface area contributed by atoms with Gasteiger partial charge in [-0.25, -0.2) is 13.2 Å². The van der Waals surface area contributed by atoms with Crippen LogP contribution in [0.5, 0.6) is 0 Å². The highest BCUT2D eigenvalue weighted by molar-refractivity contribution is 7.89. The molecule has 0 N–H and O–H groups in total. The predicted molar refractivity (Wildman–Crippen MR) is 98.9 cm³/mol. The van der Waals surface area contributed by atoms with Crippen molar-refractivity contribution < 1.29 is 22.9 Å². The highest BCUT2D eigenvalue weighted by Crippen LogP contribution is 2.27. The Morgan fingerprint density at radius 3 is 2.37 bits per heavy atom. The van der Waals surface area contributed by atoms with Crippen LogP contribution < -0.4 is 0 Å². The number of benzene rings is 1. The number of carbonyl (C=O) groups excluding carboxylic acids is 1. The first kappa shape index (κ1) is 21.1. The number of nitrogens with zero attached hydrogens (tertiary/aromatic N) is 3. The molecule has 1 aliphatic heterocycles. The lowest BCUT2D eigenvalue weighted by Gasteiger charge is -2.31. The lowest BCUT2D eigenvalue weighted by molar-refractivity contribution is -0.387. The number of hydrogen-bond acceptors (Lipinski definition) is 6. The van der Waals surface area contributed by atoms with E-state index in [4.69, 9.17) is 4.74 Å². The normalized spacial score (nSPS) is 17.1. The molecule has 0 unspecified atom stereocenters. The van der Waals surface area contributed by atoms with E-state index in [1.807, 2.05) is 0 Å². The third kappa shape index (κ3) is 5.39. The van der Waals surface area contributed by atoms with Crippen molar-refractivity contribution in [3.05, 3.63) is 34.4 Å². The summed E-state index contributed by atoms with van der Waals surface area (Å²) in [5.74, 6) is 0. The van der Waals surface area contributed by atoms with Gasteiger partial charge in [-0.05, 0) is 39.7 Å². The molecule has 1 amide bonds. The molecule has 9 nitrogen and oxygen atoms in total. The fourth-order valence-electron chi connectivity index (χ4n) is 2.76. The van der Waals surface area contributed by atoms with E-state index >= 15 is 0 Å². The van der Waals surface area contributed by atoms with E-state index in [1.54, 1.807) is 20.8 Å². The van der Waals surface area contributed by atoms with E-state index in [9.17, 15) is 23.3 Å². The third-order valence-electron chi connectivity index (χ3n) is 4.04. The van der Waals surface area contributed by atoms with Crippen LogP contribution in [0.3, 0.4) is 0 Å². The number of ether oxygens (including phenoxy) is 1. The summed E-state index contributed by atoms with van der Waals surface area (Å²) in [4.78, 5) is 23.9. The Kier molecular flexibility index (Phi) is 6.42. The molecule has 1 aromatic carbocycles. The van der Waals surface area contributed by atoms with Gasteiger partial charge < -0.3 is 9.64 Å². The van der Waals surface area contributed by atoms with Gasteiger partial charge in [0.05, 0.1) is 4.92 Å². The van der Waals surface area contributed by atoms with E-state index in [1.165, 1.54) is 33.5 Å².